The van der Waals surface area contributed by atoms with Crippen LogP contribution < -0.4 is 15.5 Å². The van der Waals surface area contributed by atoms with Gasteiger partial charge in [-0.3, -0.25) is 4.99 Å². The molecule has 2 aliphatic rings. The van der Waals surface area contributed by atoms with Crippen molar-refractivity contribution in [3.8, 4) is 0 Å². The molecule has 2 fully saturated rings. The highest BCUT2D eigenvalue weighted by Gasteiger charge is 2.26. The maximum atomic E-state index is 6.31. The number of piperidine rings is 1. The summed E-state index contributed by atoms with van der Waals surface area (Å²) >= 11 is 6.31. The van der Waals surface area contributed by atoms with Crippen LogP contribution in [-0.2, 0) is 0 Å². The van der Waals surface area contributed by atoms with E-state index in [1.54, 1.807) is 6.20 Å². The number of hydrogen-bond acceptors (Lipinski definition) is 4. The van der Waals surface area contributed by atoms with Crippen LogP contribution in [0, 0.1) is 5.92 Å². The van der Waals surface area contributed by atoms with Gasteiger partial charge in [0.05, 0.1) is 5.02 Å². The van der Waals surface area contributed by atoms with E-state index < -0.39 is 0 Å². The second-order valence-electron chi connectivity index (χ2n) is 8.20. The Morgan fingerprint density at radius 1 is 1.31 bits per heavy atom. The molecule has 0 aliphatic carbocycles. The van der Waals surface area contributed by atoms with Crippen LogP contribution in [0.4, 0.5) is 5.82 Å². The summed E-state index contributed by atoms with van der Waals surface area (Å²) in [5, 5.41) is 7.75. The molecule has 0 aromatic carbocycles. The number of guanidine groups is 1. The summed E-state index contributed by atoms with van der Waals surface area (Å²) in [6, 6.07) is 4.76. The average molecular weight is 535 g/mol. The van der Waals surface area contributed by atoms with Crippen LogP contribution in [0.25, 0.3) is 0 Å². The van der Waals surface area contributed by atoms with Crippen LogP contribution in [0.2, 0.25) is 5.02 Å². The van der Waals surface area contributed by atoms with E-state index in [0.717, 1.165) is 55.9 Å². The smallest absolute Gasteiger partial charge is 0.191 e. The van der Waals surface area contributed by atoms with Crippen molar-refractivity contribution in [2.45, 2.75) is 52.1 Å². The third-order valence-electron chi connectivity index (χ3n) is 5.70. The van der Waals surface area contributed by atoms with E-state index in [1.165, 1.54) is 19.4 Å². The summed E-state index contributed by atoms with van der Waals surface area (Å²) in [7, 11) is 0. The van der Waals surface area contributed by atoms with Gasteiger partial charge in [-0.1, -0.05) is 11.6 Å². The maximum absolute atomic E-state index is 6.31. The summed E-state index contributed by atoms with van der Waals surface area (Å²) in [5.74, 6) is 2.47. The number of nitrogens with one attached hydrogen (secondary N) is 2. The van der Waals surface area contributed by atoms with E-state index >= 15 is 0 Å². The molecule has 0 bridgehead atoms. The lowest BCUT2D eigenvalue weighted by Crippen LogP contribution is -2.45. The maximum Gasteiger partial charge on any atom is 0.191 e. The lowest BCUT2D eigenvalue weighted by Gasteiger charge is -2.35. The fourth-order valence-corrected chi connectivity index (χ4v) is 4.37. The minimum Gasteiger partial charge on any atom is -0.357 e. The second kappa shape index (κ2) is 12.2. The summed E-state index contributed by atoms with van der Waals surface area (Å²) in [6.07, 6.45) is 5.42. The molecule has 2 aliphatic heterocycles. The molecule has 2 N–H and O–H groups in total. The molecule has 164 valence electrons. The van der Waals surface area contributed by atoms with Crippen molar-refractivity contribution in [2.75, 3.05) is 44.2 Å². The van der Waals surface area contributed by atoms with E-state index in [2.05, 4.69) is 46.2 Å². The zero-order valence-electron chi connectivity index (χ0n) is 17.9. The largest absolute Gasteiger partial charge is 0.357 e. The number of halogens is 2. The zero-order chi connectivity index (χ0) is 19.9. The fourth-order valence-electron chi connectivity index (χ4n) is 4.13. The topological polar surface area (TPSA) is 55.8 Å². The van der Waals surface area contributed by atoms with Gasteiger partial charge >= 0.3 is 0 Å². The van der Waals surface area contributed by atoms with Gasteiger partial charge in [0.1, 0.15) is 5.82 Å². The van der Waals surface area contributed by atoms with Crippen molar-refractivity contribution < 1.29 is 0 Å². The predicted octanol–water partition coefficient (Wildman–Crippen LogP) is 3.61. The standard InChI is InChI=1S/C21H35ClN6.HI/c1-4-23-21(25-13-17-7-6-11-27(14-17)16(2)3)26-18-9-12-28(15-18)20-19(22)8-5-10-24-20;/h5,8,10,16-18H,4,6-7,9,11-15H2,1-3H3,(H2,23,25,26);1H. The van der Waals surface area contributed by atoms with Crippen LogP contribution >= 0.6 is 35.6 Å². The van der Waals surface area contributed by atoms with Gasteiger partial charge in [-0.15, -0.1) is 24.0 Å². The van der Waals surface area contributed by atoms with E-state index in [1.807, 2.05) is 12.1 Å². The van der Waals surface area contributed by atoms with Gasteiger partial charge in [0.25, 0.3) is 0 Å². The minimum atomic E-state index is 0. The Hall–Kier alpha value is -0.800. The van der Waals surface area contributed by atoms with Gasteiger partial charge in [0, 0.05) is 51.0 Å². The number of pyridine rings is 1. The van der Waals surface area contributed by atoms with E-state index in [-0.39, 0.29) is 24.0 Å². The fraction of sp³-hybridized carbons (Fsp3) is 0.714. The van der Waals surface area contributed by atoms with E-state index in [0.29, 0.717) is 18.0 Å². The molecule has 0 spiro atoms. The Bertz CT molecular complexity index is 656. The molecular weight excluding hydrogens is 499 g/mol. The predicted molar refractivity (Wildman–Crippen MR) is 134 cm³/mol. The van der Waals surface area contributed by atoms with E-state index in [4.69, 9.17) is 16.6 Å². The summed E-state index contributed by atoms with van der Waals surface area (Å²) in [5.41, 5.74) is 0. The van der Waals surface area contributed by atoms with E-state index in [9.17, 15) is 0 Å². The van der Waals surface area contributed by atoms with Crippen LogP contribution in [0.5, 0.6) is 0 Å². The normalized spacial score (nSPS) is 23.2. The molecule has 2 unspecified atom stereocenters. The average Bonchev–Trinajstić information content (AvgIpc) is 3.15. The molecule has 3 heterocycles. The van der Waals surface area contributed by atoms with Gasteiger partial charge in [-0.2, -0.15) is 0 Å². The molecule has 8 heteroatoms. The quantitative estimate of drug-likeness (QED) is 0.332. The van der Waals surface area contributed by atoms with Gasteiger partial charge in [-0.25, -0.2) is 4.98 Å². The number of nitrogens with zero attached hydrogens (tertiary/aromatic N) is 4. The highest BCUT2D eigenvalue weighted by atomic mass is 127. The molecule has 1 aromatic rings. The number of likely N-dealkylation sites (tertiary alicyclic amines) is 1. The van der Waals surface area contributed by atoms with Crippen LogP contribution in [0.1, 0.15) is 40.0 Å². The SMILES string of the molecule is CCNC(=NCC1CCCN(C(C)C)C1)NC1CCN(c2ncccc2Cl)C1.I. The first-order chi connectivity index (χ1) is 13.6. The van der Waals surface area contributed by atoms with Crippen molar-refractivity contribution in [1.29, 1.82) is 0 Å². The number of aromatic nitrogens is 1. The molecule has 2 atom stereocenters. The first-order valence-corrected chi connectivity index (χ1v) is 11.1. The number of hydrogen-bond donors (Lipinski definition) is 2. The zero-order valence-corrected chi connectivity index (χ0v) is 21.0. The third-order valence-corrected chi connectivity index (χ3v) is 6.00. The Morgan fingerprint density at radius 3 is 2.86 bits per heavy atom. The van der Waals surface area contributed by atoms with Gasteiger partial charge in [-0.05, 0) is 64.6 Å². The summed E-state index contributed by atoms with van der Waals surface area (Å²) < 4.78 is 0. The molecule has 0 radical (unpaired) electrons. The summed E-state index contributed by atoms with van der Waals surface area (Å²) in [6.45, 7) is 12.7. The number of anilines is 1. The summed E-state index contributed by atoms with van der Waals surface area (Å²) in [4.78, 5) is 14.2. The highest BCUT2D eigenvalue weighted by molar-refractivity contribution is 14.0. The molecular formula is C21H36ClIN6. The Kier molecular flexibility index (Phi) is 10.3. The van der Waals surface area contributed by atoms with Crippen LogP contribution in [0.15, 0.2) is 23.3 Å². The van der Waals surface area contributed by atoms with Crippen molar-refractivity contribution in [3.63, 3.8) is 0 Å². The highest BCUT2D eigenvalue weighted by Crippen LogP contribution is 2.25. The monoisotopic (exact) mass is 534 g/mol. The Morgan fingerprint density at radius 2 is 2.14 bits per heavy atom. The van der Waals surface area contributed by atoms with Crippen molar-refractivity contribution in [3.05, 3.63) is 23.4 Å². The molecule has 1 aromatic heterocycles. The number of aliphatic imine (C=N–C) groups is 1. The number of rotatable bonds is 6. The molecule has 0 saturated carbocycles. The second-order valence-corrected chi connectivity index (χ2v) is 8.61. The van der Waals surface area contributed by atoms with Crippen LogP contribution in [0.3, 0.4) is 0 Å². The molecule has 29 heavy (non-hydrogen) atoms. The van der Waals surface area contributed by atoms with Gasteiger partial charge < -0.3 is 20.4 Å². The van der Waals surface area contributed by atoms with Gasteiger partial charge in [0.2, 0.25) is 0 Å². The first-order valence-electron chi connectivity index (χ1n) is 10.7. The van der Waals surface area contributed by atoms with Crippen molar-refractivity contribution in [2.24, 2.45) is 10.9 Å². The molecule has 3 rings (SSSR count). The third kappa shape index (κ3) is 7.14. The minimum absolute atomic E-state index is 0. The Labute approximate surface area is 197 Å². The first kappa shape index (κ1) is 24.5. The van der Waals surface area contributed by atoms with Gasteiger partial charge in [0.15, 0.2) is 5.96 Å². The van der Waals surface area contributed by atoms with Crippen molar-refractivity contribution in [1.82, 2.24) is 20.5 Å². The molecule has 0 amide bonds. The van der Waals surface area contributed by atoms with Crippen LogP contribution in [-0.4, -0.2) is 67.2 Å². The van der Waals surface area contributed by atoms with Crippen molar-refractivity contribution >= 4 is 47.4 Å². The molecule has 2 saturated heterocycles. The molecule has 6 nitrogen and oxygen atoms in total. The Balaban J connectivity index is 0.00000300. The lowest BCUT2D eigenvalue weighted by atomic mass is 9.97. The lowest BCUT2D eigenvalue weighted by molar-refractivity contribution is 0.143.